The largest absolute Gasteiger partial charge is 0.497 e. The minimum absolute atomic E-state index is 0.0536. The van der Waals surface area contributed by atoms with Crippen molar-refractivity contribution >= 4 is 5.91 Å². The van der Waals surface area contributed by atoms with Crippen LogP contribution in [0.15, 0.2) is 24.3 Å². The number of hydrogen-bond acceptors (Lipinski definition) is 3. The minimum atomic E-state index is 0.0536. The van der Waals surface area contributed by atoms with Gasteiger partial charge in [0.05, 0.1) is 7.11 Å². The topological polar surface area (TPSA) is 41.6 Å². The molecule has 94 valence electrons. The predicted octanol–water partition coefficient (Wildman–Crippen LogP) is 1.61. The van der Waals surface area contributed by atoms with Gasteiger partial charge in [-0.2, -0.15) is 0 Å². The SMILES string of the molecule is COc1cccc(CCCC(=O)NN(C)C)c1. The number of carbonyl (C=O) groups is 1. The van der Waals surface area contributed by atoms with E-state index >= 15 is 0 Å². The second-order valence-corrected chi connectivity index (χ2v) is 4.13. The zero-order chi connectivity index (χ0) is 12.7. The normalized spacial score (nSPS) is 10.4. The number of benzene rings is 1. The standard InChI is InChI=1S/C13H20N2O2/c1-15(2)14-13(16)9-5-7-11-6-4-8-12(10-11)17-3/h4,6,8,10H,5,7,9H2,1-3H3,(H,14,16). The highest BCUT2D eigenvalue weighted by Crippen LogP contribution is 2.14. The Hall–Kier alpha value is -1.55. The van der Waals surface area contributed by atoms with Gasteiger partial charge in [0.15, 0.2) is 0 Å². The number of rotatable bonds is 6. The monoisotopic (exact) mass is 236 g/mol. The smallest absolute Gasteiger partial charge is 0.234 e. The maximum absolute atomic E-state index is 11.4. The van der Waals surface area contributed by atoms with E-state index in [2.05, 4.69) is 5.43 Å². The van der Waals surface area contributed by atoms with Crippen LogP contribution in [0.1, 0.15) is 18.4 Å². The second-order valence-electron chi connectivity index (χ2n) is 4.13. The number of ether oxygens (including phenoxy) is 1. The van der Waals surface area contributed by atoms with E-state index in [1.807, 2.05) is 24.3 Å². The van der Waals surface area contributed by atoms with Crippen LogP contribution in [0.25, 0.3) is 0 Å². The number of aryl methyl sites for hydroxylation is 1. The fourth-order valence-corrected chi connectivity index (χ4v) is 1.59. The molecule has 17 heavy (non-hydrogen) atoms. The first-order chi connectivity index (χ1) is 8.11. The summed E-state index contributed by atoms with van der Waals surface area (Å²) < 4.78 is 5.15. The number of methoxy groups -OCH3 is 1. The number of nitrogens with one attached hydrogen (secondary N) is 1. The molecule has 1 amide bonds. The van der Waals surface area contributed by atoms with Gasteiger partial charge in [-0.25, -0.2) is 5.01 Å². The Kier molecular flexibility index (Phi) is 5.49. The van der Waals surface area contributed by atoms with Crippen LogP contribution in [0.2, 0.25) is 0 Å². The van der Waals surface area contributed by atoms with Gasteiger partial charge in [0.2, 0.25) is 5.91 Å². The molecule has 0 spiro atoms. The minimum Gasteiger partial charge on any atom is -0.497 e. The highest BCUT2D eigenvalue weighted by atomic mass is 16.5. The summed E-state index contributed by atoms with van der Waals surface area (Å²) in [6, 6.07) is 7.94. The maximum atomic E-state index is 11.4. The van der Waals surface area contributed by atoms with Crippen LogP contribution in [-0.4, -0.2) is 32.1 Å². The lowest BCUT2D eigenvalue weighted by Crippen LogP contribution is -2.35. The number of nitrogens with zero attached hydrogens (tertiary/aromatic N) is 1. The van der Waals surface area contributed by atoms with Gasteiger partial charge in [0, 0.05) is 20.5 Å². The van der Waals surface area contributed by atoms with Crippen molar-refractivity contribution in [3.8, 4) is 5.75 Å². The molecule has 4 nitrogen and oxygen atoms in total. The molecule has 0 aliphatic heterocycles. The van der Waals surface area contributed by atoms with Crippen LogP contribution in [0.4, 0.5) is 0 Å². The molecule has 1 rings (SSSR count). The van der Waals surface area contributed by atoms with Gasteiger partial charge in [-0.15, -0.1) is 0 Å². The molecule has 0 aliphatic carbocycles. The summed E-state index contributed by atoms with van der Waals surface area (Å²) in [5.41, 5.74) is 3.92. The summed E-state index contributed by atoms with van der Waals surface area (Å²) >= 11 is 0. The average molecular weight is 236 g/mol. The van der Waals surface area contributed by atoms with E-state index < -0.39 is 0 Å². The molecular formula is C13H20N2O2. The molecule has 1 N–H and O–H groups in total. The third kappa shape index (κ3) is 5.36. The van der Waals surface area contributed by atoms with E-state index in [0.29, 0.717) is 6.42 Å². The predicted molar refractivity (Wildman–Crippen MR) is 67.8 cm³/mol. The van der Waals surface area contributed by atoms with E-state index in [-0.39, 0.29) is 5.91 Å². The Labute approximate surface area is 103 Å². The van der Waals surface area contributed by atoms with E-state index in [1.165, 1.54) is 5.56 Å². The molecule has 0 saturated carbocycles. The van der Waals surface area contributed by atoms with Crippen molar-refractivity contribution in [2.24, 2.45) is 0 Å². The van der Waals surface area contributed by atoms with Gasteiger partial charge < -0.3 is 4.74 Å². The van der Waals surface area contributed by atoms with Crippen molar-refractivity contribution < 1.29 is 9.53 Å². The van der Waals surface area contributed by atoms with Gasteiger partial charge >= 0.3 is 0 Å². The molecule has 0 bridgehead atoms. The van der Waals surface area contributed by atoms with Crippen molar-refractivity contribution in [1.82, 2.24) is 10.4 Å². The lowest BCUT2D eigenvalue weighted by Gasteiger charge is -2.11. The molecule has 4 heteroatoms. The molecule has 1 aromatic carbocycles. The van der Waals surface area contributed by atoms with Crippen LogP contribution >= 0.6 is 0 Å². The molecule has 0 atom stereocenters. The average Bonchev–Trinajstić information content (AvgIpc) is 2.28. The first-order valence-electron chi connectivity index (χ1n) is 5.71. The first kappa shape index (κ1) is 13.5. The van der Waals surface area contributed by atoms with E-state index in [9.17, 15) is 4.79 Å². The Morgan fingerprint density at radius 1 is 1.41 bits per heavy atom. The van der Waals surface area contributed by atoms with Crippen molar-refractivity contribution in [3.63, 3.8) is 0 Å². The maximum Gasteiger partial charge on any atom is 0.234 e. The lowest BCUT2D eigenvalue weighted by atomic mass is 10.1. The Morgan fingerprint density at radius 3 is 2.82 bits per heavy atom. The Balaban J connectivity index is 2.32. The molecule has 0 heterocycles. The van der Waals surface area contributed by atoms with Crippen LogP contribution in [0.5, 0.6) is 5.75 Å². The first-order valence-corrected chi connectivity index (χ1v) is 5.71. The summed E-state index contributed by atoms with van der Waals surface area (Å²) in [4.78, 5) is 11.4. The molecule has 0 unspecified atom stereocenters. The molecule has 0 aliphatic rings. The van der Waals surface area contributed by atoms with Gasteiger partial charge in [-0.1, -0.05) is 12.1 Å². The second kappa shape index (κ2) is 6.91. The zero-order valence-corrected chi connectivity index (χ0v) is 10.7. The summed E-state index contributed by atoms with van der Waals surface area (Å²) in [5, 5.41) is 1.66. The van der Waals surface area contributed by atoms with Crippen LogP contribution in [-0.2, 0) is 11.2 Å². The Bertz CT molecular complexity index is 364. The molecular weight excluding hydrogens is 216 g/mol. The summed E-state index contributed by atoms with van der Waals surface area (Å²) in [7, 11) is 5.27. The zero-order valence-electron chi connectivity index (χ0n) is 10.7. The van der Waals surface area contributed by atoms with Crippen molar-refractivity contribution in [2.45, 2.75) is 19.3 Å². The third-order valence-corrected chi connectivity index (χ3v) is 2.35. The fourth-order valence-electron chi connectivity index (χ4n) is 1.59. The Morgan fingerprint density at radius 2 is 2.18 bits per heavy atom. The number of hydrazine groups is 1. The van der Waals surface area contributed by atoms with Crippen molar-refractivity contribution in [2.75, 3.05) is 21.2 Å². The van der Waals surface area contributed by atoms with Crippen LogP contribution < -0.4 is 10.2 Å². The molecule has 0 aromatic heterocycles. The highest BCUT2D eigenvalue weighted by Gasteiger charge is 2.02. The van der Waals surface area contributed by atoms with Crippen molar-refractivity contribution in [1.29, 1.82) is 0 Å². The number of amides is 1. The van der Waals surface area contributed by atoms with Gasteiger partial charge in [-0.3, -0.25) is 10.2 Å². The number of carbonyl (C=O) groups excluding carboxylic acids is 1. The summed E-state index contributed by atoms with van der Waals surface area (Å²) in [6.07, 6.45) is 2.26. The highest BCUT2D eigenvalue weighted by molar-refractivity contribution is 5.75. The molecule has 0 fully saturated rings. The fraction of sp³-hybridized carbons (Fsp3) is 0.462. The van der Waals surface area contributed by atoms with Gasteiger partial charge in [0.25, 0.3) is 0 Å². The quantitative estimate of drug-likeness (QED) is 0.763. The van der Waals surface area contributed by atoms with E-state index in [4.69, 9.17) is 4.74 Å². The van der Waals surface area contributed by atoms with E-state index in [1.54, 1.807) is 26.2 Å². The third-order valence-electron chi connectivity index (χ3n) is 2.35. The summed E-state index contributed by atoms with van der Waals surface area (Å²) in [5.74, 6) is 0.915. The van der Waals surface area contributed by atoms with Gasteiger partial charge in [-0.05, 0) is 30.5 Å². The molecule has 0 radical (unpaired) electrons. The van der Waals surface area contributed by atoms with Gasteiger partial charge in [0.1, 0.15) is 5.75 Å². The van der Waals surface area contributed by atoms with Crippen LogP contribution in [0, 0.1) is 0 Å². The van der Waals surface area contributed by atoms with E-state index in [0.717, 1.165) is 18.6 Å². The molecule has 1 aromatic rings. The number of hydrogen-bond donors (Lipinski definition) is 1. The molecule has 0 saturated heterocycles. The van der Waals surface area contributed by atoms with Crippen molar-refractivity contribution in [3.05, 3.63) is 29.8 Å². The van der Waals surface area contributed by atoms with Crippen LogP contribution in [0.3, 0.4) is 0 Å². The lowest BCUT2D eigenvalue weighted by molar-refractivity contribution is -0.124. The summed E-state index contributed by atoms with van der Waals surface area (Å²) in [6.45, 7) is 0.